The second-order valence-corrected chi connectivity index (χ2v) is 4.54. The van der Waals surface area contributed by atoms with Crippen molar-refractivity contribution in [3.8, 4) is 0 Å². The summed E-state index contributed by atoms with van der Waals surface area (Å²) in [6.07, 6.45) is 2.44. The van der Waals surface area contributed by atoms with Gasteiger partial charge in [-0.25, -0.2) is 4.98 Å². The van der Waals surface area contributed by atoms with Crippen LogP contribution in [-0.4, -0.2) is 40.1 Å². The molecule has 1 aromatic rings. The number of nitrogen functional groups attached to an aromatic ring is 1. The lowest BCUT2D eigenvalue weighted by Crippen LogP contribution is -2.42. The smallest absolute Gasteiger partial charge is 0.255 e. The van der Waals surface area contributed by atoms with Gasteiger partial charge in [-0.05, 0) is 18.9 Å². The van der Waals surface area contributed by atoms with Crippen LogP contribution in [0.2, 0.25) is 5.02 Å². The second-order valence-electron chi connectivity index (χ2n) is 4.14. The summed E-state index contributed by atoms with van der Waals surface area (Å²) in [7, 11) is 0. The Kier molecular flexibility index (Phi) is 3.49. The molecule has 2 rings (SSSR count). The monoisotopic (exact) mass is 255 g/mol. The molecule has 2 heterocycles. The maximum absolute atomic E-state index is 12.2. The fourth-order valence-electron chi connectivity index (χ4n) is 1.93. The molecule has 0 aromatic carbocycles. The third kappa shape index (κ3) is 2.68. The molecule has 5 nitrogen and oxygen atoms in total. The first kappa shape index (κ1) is 12.1. The van der Waals surface area contributed by atoms with Crippen LogP contribution in [0.5, 0.6) is 0 Å². The van der Waals surface area contributed by atoms with Gasteiger partial charge in [-0.15, -0.1) is 0 Å². The van der Waals surface area contributed by atoms with Crippen LogP contribution in [0, 0.1) is 0 Å². The largest absolute Gasteiger partial charge is 0.391 e. The number of hydrogen-bond acceptors (Lipinski definition) is 4. The fraction of sp³-hybridized carbons (Fsp3) is 0.455. The van der Waals surface area contributed by atoms with Crippen LogP contribution in [0.1, 0.15) is 23.2 Å². The average molecular weight is 256 g/mol. The number of nitrogens with two attached hydrogens (primary N) is 1. The molecule has 3 N–H and O–H groups in total. The van der Waals surface area contributed by atoms with Gasteiger partial charge < -0.3 is 15.7 Å². The van der Waals surface area contributed by atoms with Crippen molar-refractivity contribution in [2.45, 2.75) is 18.9 Å². The van der Waals surface area contributed by atoms with Gasteiger partial charge in [-0.1, -0.05) is 11.6 Å². The number of amides is 1. The number of nitrogens with zero attached hydrogens (tertiary/aromatic N) is 2. The minimum atomic E-state index is -0.453. The molecule has 6 heteroatoms. The number of carbonyl (C=O) groups excluding carboxylic acids is 1. The van der Waals surface area contributed by atoms with E-state index in [2.05, 4.69) is 4.98 Å². The number of likely N-dealkylation sites (tertiary alicyclic amines) is 1. The van der Waals surface area contributed by atoms with Crippen LogP contribution in [0.25, 0.3) is 0 Å². The lowest BCUT2D eigenvalue weighted by molar-refractivity contribution is 0.0474. The summed E-state index contributed by atoms with van der Waals surface area (Å²) in [5, 5.41) is 9.82. The van der Waals surface area contributed by atoms with Gasteiger partial charge in [0, 0.05) is 19.3 Å². The molecule has 1 saturated heterocycles. The van der Waals surface area contributed by atoms with E-state index in [1.54, 1.807) is 4.90 Å². The lowest BCUT2D eigenvalue weighted by Gasteiger charge is -2.30. The minimum absolute atomic E-state index is 0.206. The van der Waals surface area contributed by atoms with E-state index in [9.17, 15) is 9.90 Å². The minimum Gasteiger partial charge on any atom is -0.391 e. The highest BCUT2D eigenvalue weighted by atomic mass is 35.5. The first-order valence-corrected chi connectivity index (χ1v) is 5.84. The van der Waals surface area contributed by atoms with E-state index in [0.717, 1.165) is 12.8 Å². The van der Waals surface area contributed by atoms with Crippen molar-refractivity contribution >= 4 is 23.3 Å². The SMILES string of the molecule is Nc1cc(C(=O)N2CCCC(O)C2)c(Cl)cn1. The van der Waals surface area contributed by atoms with Gasteiger partial charge in [-0.3, -0.25) is 4.79 Å². The van der Waals surface area contributed by atoms with Crippen molar-refractivity contribution in [2.75, 3.05) is 18.8 Å². The Morgan fingerprint density at radius 2 is 2.41 bits per heavy atom. The number of aliphatic hydroxyl groups is 1. The molecule has 1 unspecified atom stereocenters. The summed E-state index contributed by atoms with van der Waals surface area (Å²) >= 11 is 5.92. The topological polar surface area (TPSA) is 79.5 Å². The number of hydrogen-bond donors (Lipinski definition) is 2. The van der Waals surface area contributed by atoms with Gasteiger partial charge in [0.1, 0.15) is 5.82 Å². The third-order valence-electron chi connectivity index (χ3n) is 2.79. The number of halogens is 1. The Balaban J connectivity index is 2.21. The predicted octanol–water partition coefficient (Wildman–Crippen LogP) is 0.914. The molecule has 1 aliphatic heterocycles. The standard InChI is InChI=1S/C11H14ClN3O2/c12-9-5-14-10(13)4-8(9)11(17)15-3-1-2-7(16)6-15/h4-5,7,16H,1-3,6H2,(H2,13,14). The molecular weight excluding hydrogens is 242 g/mol. The summed E-state index contributed by atoms with van der Waals surface area (Å²) < 4.78 is 0. The lowest BCUT2D eigenvalue weighted by atomic mass is 10.1. The molecule has 1 atom stereocenters. The quantitative estimate of drug-likeness (QED) is 0.782. The number of anilines is 1. The van der Waals surface area contributed by atoms with Gasteiger partial charge in [0.2, 0.25) is 0 Å². The molecule has 92 valence electrons. The number of rotatable bonds is 1. The number of aliphatic hydroxyl groups excluding tert-OH is 1. The fourth-order valence-corrected chi connectivity index (χ4v) is 2.11. The highest BCUT2D eigenvalue weighted by Gasteiger charge is 2.24. The van der Waals surface area contributed by atoms with E-state index < -0.39 is 6.10 Å². The van der Waals surface area contributed by atoms with Crippen LogP contribution in [0.15, 0.2) is 12.3 Å². The van der Waals surface area contributed by atoms with Gasteiger partial charge in [-0.2, -0.15) is 0 Å². The van der Waals surface area contributed by atoms with E-state index in [4.69, 9.17) is 17.3 Å². The van der Waals surface area contributed by atoms with Crippen molar-refractivity contribution in [1.82, 2.24) is 9.88 Å². The predicted molar refractivity (Wildman–Crippen MR) is 64.8 cm³/mol. The Morgan fingerprint density at radius 1 is 1.65 bits per heavy atom. The molecular formula is C11H14ClN3O2. The summed E-state index contributed by atoms with van der Waals surface area (Å²) in [6, 6.07) is 1.46. The molecule has 1 amide bonds. The van der Waals surface area contributed by atoms with Gasteiger partial charge in [0.05, 0.1) is 16.7 Å². The summed E-state index contributed by atoms with van der Waals surface area (Å²) in [5.74, 6) is 0.0538. The molecule has 1 aromatic heterocycles. The van der Waals surface area contributed by atoms with Crippen molar-refractivity contribution < 1.29 is 9.90 Å². The number of piperidine rings is 1. The number of β-amino-alcohol motifs (C(OH)–C–C–N with tert-alkyl or cyclic N) is 1. The maximum Gasteiger partial charge on any atom is 0.255 e. The molecule has 1 aliphatic rings. The van der Waals surface area contributed by atoms with E-state index in [1.807, 2.05) is 0 Å². The Bertz CT molecular complexity index is 439. The van der Waals surface area contributed by atoms with E-state index in [-0.39, 0.29) is 16.7 Å². The zero-order valence-electron chi connectivity index (χ0n) is 9.27. The zero-order chi connectivity index (χ0) is 12.4. The van der Waals surface area contributed by atoms with Gasteiger partial charge >= 0.3 is 0 Å². The zero-order valence-corrected chi connectivity index (χ0v) is 10.0. The van der Waals surface area contributed by atoms with Gasteiger partial charge in [0.25, 0.3) is 5.91 Å². The second kappa shape index (κ2) is 4.89. The first-order valence-electron chi connectivity index (χ1n) is 5.46. The molecule has 0 saturated carbocycles. The van der Waals surface area contributed by atoms with E-state index >= 15 is 0 Å². The number of carbonyl (C=O) groups is 1. The van der Waals surface area contributed by atoms with E-state index in [1.165, 1.54) is 12.3 Å². The number of aromatic nitrogens is 1. The van der Waals surface area contributed by atoms with Crippen molar-refractivity contribution in [1.29, 1.82) is 0 Å². The molecule has 17 heavy (non-hydrogen) atoms. The van der Waals surface area contributed by atoms with Crippen LogP contribution in [0.3, 0.4) is 0 Å². The average Bonchev–Trinajstić information content (AvgIpc) is 2.31. The van der Waals surface area contributed by atoms with Crippen LogP contribution in [0.4, 0.5) is 5.82 Å². The summed E-state index contributed by atoms with van der Waals surface area (Å²) in [6.45, 7) is 0.978. The van der Waals surface area contributed by atoms with Crippen molar-refractivity contribution in [3.63, 3.8) is 0 Å². The Morgan fingerprint density at radius 3 is 3.12 bits per heavy atom. The highest BCUT2D eigenvalue weighted by Crippen LogP contribution is 2.20. The Hall–Kier alpha value is -1.33. The first-order chi connectivity index (χ1) is 8.08. The highest BCUT2D eigenvalue weighted by molar-refractivity contribution is 6.33. The molecule has 0 aliphatic carbocycles. The molecule has 0 radical (unpaired) electrons. The number of pyridine rings is 1. The van der Waals surface area contributed by atoms with Gasteiger partial charge in [0.15, 0.2) is 0 Å². The molecule has 0 bridgehead atoms. The van der Waals surface area contributed by atoms with Crippen LogP contribution in [-0.2, 0) is 0 Å². The molecule has 0 spiro atoms. The van der Waals surface area contributed by atoms with Crippen LogP contribution >= 0.6 is 11.6 Å². The summed E-state index contributed by atoms with van der Waals surface area (Å²) in [4.78, 5) is 17.6. The van der Waals surface area contributed by atoms with E-state index in [0.29, 0.717) is 18.7 Å². The maximum atomic E-state index is 12.2. The normalized spacial score (nSPS) is 20.4. The van der Waals surface area contributed by atoms with Crippen molar-refractivity contribution in [2.24, 2.45) is 0 Å². The van der Waals surface area contributed by atoms with Crippen molar-refractivity contribution in [3.05, 3.63) is 22.8 Å². The third-order valence-corrected chi connectivity index (χ3v) is 3.09. The summed E-state index contributed by atoms with van der Waals surface area (Å²) in [5.41, 5.74) is 5.87. The molecule has 1 fully saturated rings. The van der Waals surface area contributed by atoms with Crippen LogP contribution < -0.4 is 5.73 Å². The Labute approximate surface area is 104 Å².